The van der Waals surface area contributed by atoms with Crippen LogP contribution in [0.25, 0.3) is 0 Å². The van der Waals surface area contributed by atoms with Crippen molar-refractivity contribution in [3.05, 3.63) is 25.3 Å². The molecule has 1 N–H and O–H groups in total. The summed E-state index contributed by atoms with van der Waals surface area (Å²) in [5, 5.41) is 7.60. The molecule has 0 aromatic carbocycles. The van der Waals surface area contributed by atoms with Crippen LogP contribution in [-0.2, 0) is 23.8 Å². The van der Waals surface area contributed by atoms with E-state index in [2.05, 4.69) is 13.2 Å². The second-order valence-electron chi connectivity index (χ2n) is 3.91. The number of rotatable bonds is 5. The first-order valence-electron chi connectivity index (χ1n) is 5.83. The molecule has 1 saturated heterocycles. The van der Waals surface area contributed by atoms with Crippen LogP contribution >= 0.6 is 0 Å². The zero-order valence-electron chi connectivity index (χ0n) is 11.3. The van der Waals surface area contributed by atoms with Crippen LogP contribution in [0.5, 0.6) is 0 Å². The van der Waals surface area contributed by atoms with Crippen molar-refractivity contribution in [2.75, 3.05) is 13.2 Å². The van der Waals surface area contributed by atoms with Gasteiger partial charge in [-0.1, -0.05) is 20.1 Å². The largest absolute Gasteiger partial charge is 0.478 e. The molecule has 0 radical (unpaired) electrons. The topological polar surface area (TPSA) is 82.1 Å². The fraction of sp³-hybridized carbons (Fsp3) is 0.538. The standard InChI is InChI=1S/C10H16O4.C3H4O2/c1-4-9(11)12-6-8-7-13-10(3,5-2)14-8;1-2-3(4)5/h4,8H,1,5-7H2,2-3H3;2H,1H2,(H,4,5). The average Bonchev–Trinajstić information content (AvgIpc) is 2.79. The zero-order chi connectivity index (χ0) is 14.9. The van der Waals surface area contributed by atoms with Crippen LogP contribution < -0.4 is 0 Å². The maximum atomic E-state index is 10.8. The van der Waals surface area contributed by atoms with E-state index < -0.39 is 17.7 Å². The highest BCUT2D eigenvalue weighted by molar-refractivity contribution is 5.81. The number of hydrogen-bond donors (Lipinski definition) is 1. The lowest BCUT2D eigenvalue weighted by Gasteiger charge is -2.20. The summed E-state index contributed by atoms with van der Waals surface area (Å²) in [6, 6.07) is 0. The Morgan fingerprint density at radius 2 is 2.05 bits per heavy atom. The molecule has 108 valence electrons. The first-order valence-corrected chi connectivity index (χ1v) is 5.83. The zero-order valence-corrected chi connectivity index (χ0v) is 11.3. The molecule has 6 nitrogen and oxygen atoms in total. The molecule has 1 aliphatic rings. The first kappa shape index (κ1) is 17.3. The van der Waals surface area contributed by atoms with Gasteiger partial charge in [0.15, 0.2) is 5.79 Å². The summed E-state index contributed by atoms with van der Waals surface area (Å²) >= 11 is 0. The van der Waals surface area contributed by atoms with Gasteiger partial charge in [0.25, 0.3) is 0 Å². The Labute approximate surface area is 112 Å². The molecule has 2 unspecified atom stereocenters. The van der Waals surface area contributed by atoms with Gasteiger partial charge in [-0.3, -0.25) is 0 Å². The van der Waals surface area contributed by atoms with Crippen LogP contribution in [0.4, 0.5) is 0 Å². The molecule has 6 heteroatoms. The molecule has 0 aromatic heterocycles. The van der Waals surface area contributed by atoms with Crippen molar-refractivity contribution in [2.45, 2.75) is 32.2 Å². The molecule has 19 heavy (non-hydrogen) atoms. The summed E-state index contributed by atoms with van der Waals surface area (Å²) in [5.74, 6) is -1.94. The lowest BCUT2D eigenvalue weighted by Crippen LogP contribution is -2.27. The molecular weight excluding hydrogens is 252 g/mol. The minimum atomic E-state index is -0.981. The SMILES string of the molecule is C=CC(=O)O.C=CC(=O)OCC1COC(C)(CC)O1. The molecule has 0 bridgehead atoms. The summed E-state index contributed by atoms with van der Waals surface area (Å²) in [7, 11) is 0. The summed E-state index contributed by atoms with van der Waals surface area (Å²) < 4.78 is 15.8. The van der Waals surface area contributed by atoms with Gasteiger partial charge in [0.1, 0.15) is 12.7 Å². The minimum absolute atomic E-state index is 0.163. The Morgan fingerprint density at radius 3 is 2.42 bits per heavy atom. The fourth-order valence-corrected chi connectivity index (χ4v) is 1.19. The van der Waals surface area contributed by atoms with Gasteiger partial charge in [-0.25, -0.2) is 9.59 Å². The molecule has 1 fully saturated rings. The van der Waals surface area contributed by atoms with Gasteiger partial charge >= 0.3 is 11.9 Å². The van der Waals surface area contributed by atoms with Crippen molar-refractivity contribution < 1.29 is 28.9 Å². The molecule has 1 aliphatic heterocycles. The number of carboxylic acids is 1. The van der Waals surface area contributed by atoms with Crippen molar-refractivity contribution in [2.24, 2.45) is 0 Å². The molecule has 0 aromatic rings. The third-order valence-electron chi connectivity index (χ3n) is 2.39. The molecule has 0 saturated carbocycles. The van der Waals surface area contributed by atoms with E-state index in [9.17, 15) is 9.59 Å². The summed E-state index contributed by atoms with van der Waals surface area (Å²) in [4.78, 5) is 20.0. The number of carboxylic acid groups (broad SMARTS) is 1. The van der Waals surface area contributed by atoms with Crippen molar-refractivity contribution in [3.63, 3.8) is 0 Å². The maximum absolute atomic E-state index is 10.8. The summed E-state index contributed by atoms with van der Waals surface area (Å²) in [6.07, 6.45) is 2.58. The van der Waals surface area contributed by atoms with Crippen LogP contribution in [0.3, 0.4) is 0 Å². The molecule has 1 rings (SSSR count). The Bertz CT molecular complexity index is 338. The Balaban J connectivity index is 0.000000555. The van der Waals surface area contributed by atoms with Crippen LogP contribution in [0.2, 0.25) is 0 Å². The Hall–Kier alpha value is -1.66. The van der Waals surface area contributed by atoms with E-state index in [0.717, 1.165) is 18.6 Å². The first-order chi connectivity index (χ1) is 8.86. The third kappa shape index (κ3) is 7.38. The van der Waals surface area contributed by atoms with Gasteiger partial charge in [-0.15, -0.1) is 0 Å². The van der Waals surface area contributed by atoms with Gasteiger partial charge in [0.2, 0.25) is 0 Å². The second-order valence-corrected chi connectivity index (χ2v) is 3.91. The van der Waals surface area contributed by atoms with Gasteiger partial charge in [-0.2, -0.15) is 0 Å². The third-order valence-corrected chi connectivity index (χ3v) is 2.39. The van der Waals surface area contributed by atoms with E-state index in [1.54, 1.807) is 0 Å². The van der Waals surface area contributed by atoms with E-state index in [1.165, 1.54) is 0 Å². The summed E-state index contributed by atoms with van der Waals surface area (Å²) in [5.41, 5.74) is 0. The van der Waals surface area contributed by atoms with Crippen LogP contribution in [-0.4, -0.2) is 42.1 Å². The van der Waals surface area contributed by atoms with Gasteiger partial charge in [-0.05, 0) is 13.3 Å². The van der Waals surface area contributed by atoms with Crippen molar-refractivity contribution in [1.82, 2.24) is 0 Å². The second kappa shape index (κ2) is 8.44. The number of hydrogen-bond acceptors (Lipinski definition) is 5. The Morgan fingerprint density at radius 1 is 1.47 bits per heavy atom. The number of carbonyl (C=O) groups is 2. The molecule has 0 aliphatic carbocycles. The molecule has 2 atom stereocenters. The smallest absolute Gasteiger partial charge is 0.330 e. The lowest BCUT2D eigenvalue weighted by atomic mass is 10.2. The summed E-state index contributed by atoms with van der Waals surface area (Å²) in [6.45, 7) is 10.8. The van der Waals surface area contributed by atoms with Crippen LogP contribution in [0, 0.1) is 0 Å². The minimum Gasteiger partial charge on any atom is -0.478 e. The Kier molecular flexibility index (Phi) is 7.71. The van der Waals surface area contributed by atoms with E-state index in [-0.39, 0.29) is 12.7 Å². The van der Waals surface area contributed by atoms with Crippen molar-refractivity contribution in [1.29, 1.82) is 0 Å². The van der Waals surface area contributed by atoms with E-state index in [0.29, 0.717) is 6.61 Å². The predicted octanol–water partition coefficient (Wildman–Crippen LogP) is 1.51. The molecule has 0 spiro atoms. The predicted molar refractivity (Wildman–Crippen MR) is 68.5 cm³/mol. The van der Waals surface area contributed by atoms with Crippen molar-refractivity contribution >= 4 is 11.9 Å². The van der Waals surface area contributed by atoms with Gasteiger partial charge < -0.3 is 19.3 Å². The highest BCUT2D eigenvalue weighted by atomic mass is 16.7. The number of ether oxygens (including phenoxy) is 3. The highest BCUT2D eigenvalue weighted by Crippen LogP contribution is 2.26. The van der Waals surface area contributed by atoms with E-state index in [4.69, 9.17) is 19.3 Å². The van der Waals surface area contributed by atoms with E-state index in [1.807, 2.05) is 13.8 Å². The average molecular weight is 272 g/mol. The molecule has 1 heterocycles. The number of esters is 1. The monoisotopic (exact) mass is 272 g/mol. The normalized spacial score (nSPS) is 24.8. The quantitative estimate of drug-likeness (QED) is 0.603. The van der Waals surface area contributed by atoms with Crippen LogP contribution in [0.15, 0.2) is 25.3 Å². The maximum Gasteiger partial charge on any atom is 0.330 e. The lowest BCUT2D eigenvalue weighted by molar-refractivity contribution is -0.165. The highest BCUT2D eigenvalue weighted by Gasteiger charge is 2.35. The van der Waals surface area contributed by atoms with Gasteiger partial charge in [0.05, 0.1) is 6.61 Å². The van der Waals surface area contributed by atoms with E-state index >= 15 is 0 Å². The number of aliphatic carboxylic acids is 1. The van der Waals surface area contributed by atoms with Crippen molar-refractivity contribution in [3.8, 4) is 0 Å². The molecule has 0 amide bonds. The number of carbonyl (C=O) groups excluding carboxylic acids is 1. The van der Waals surface area contributed by atoms with Crippen LogP contribution in [0.1, 0.15) is 20.3 Å². The molecular formula is C13H20O6. The fourth-order valence-electron chi connectivity index (χ4n) is 1.19. The van der Waals surface area contributed by atoms with Gasteiger partial charge in [0, 0.05) is 12.2 Å².